The van der Waals surface area contributed by atoms with Crippen LogP contribution in [0.2, 0.25) is 0 Å². The second kappa shape index (κ2) is 4.69. The number of rotatable bonds is 3. The highest BCUT2D eigenvalue weighted by atomic mass is 16.1. The van der Waals surface area contributed by atoms with Crippen molar-refractivity contribution < 1.29 is 0 Å². The highest BCUT2D eigenvalue weighted by molar-refractivity contribution is 5.49. The molecule has 88 valence electrons. The lowest BCUT2D eigenvalue weighted by Gasteiger charge is -2.18. The minimum Gasteiger partial charge on any atom is -0.398 e. The molecule has 0 aliphatic carbocycles. The Bertz CT molecular complexity index is 564. The predicted molar refractivity (Wildman–Crippen MR) is 67.8 cm³/mol. The Labute approximate surface area is 98.9 Å². The molecule has 0 bridgehead atoms. The summed E-state index contributed by atoms with van der Waals surface area (Å²) in [7, 11) is 1.87. The quantitative estimate of drug-likeness (QED) is 0.771. The summed E-state index contributed by atoms with van der Waals surface area (Å²) < 4.78 is 0. The summed E-state index contributed by atoms with van der Waals surface area (Å²) in [4.78, 5) is 19.6. The third-order valence-corrected chi connectivity index (χ3v) is 2.52. The van der Waals surface area contributed by atoms with Gasteiger partial charge in [0.1, 0.15) is 5.82 Å². The summed E-state index contributed by atoms with van der Waals surface area (Å²) in [5.74, 6) is 0.622. The van der Waals surface area contributed by atoms with E-state index in [1.165, 1.54) is 12.4 Å². The van der Waals surface area contributed by atoms with Gasteiger partial charge in [0.2, 0.25) is 0 Å². The molecule has 0 atom stereocenters. The van der Waals surface area contributed by atoms with Gasteiger partial charge in [-0.1, -0.05) is 18.2 Å². The van der Waals surface area contributed by atoms with Crippen LogP contribution in [0, 0.1) is 0 Å². The van der Waals surface area contributed by atoms with Gasteiger partial charge in [-0.15, -0.1) is 0 Å². The molecule has 5 heteroatoms. The molecule has 0 unspecified atom stereocenters. The first-order valence-electron chi connectivity index (χ1n) is 5.26. The van der Waals surface area contributed by atoms with E-state index >= 15 is 0 Å². The number of para-hydroxylation sites is 1. The van der Waals surface area contributed by atoms with Crippen LogP contribution in [0.15, 0.2) is 41.5 Å². The number of aromatic amines is 1. The second-order valence-corrected chi connectivity index (χ2v) is 3.82. The molecule has 1 aromatic carbocycles. The van der Waals surface area contributed by atoms with Crippen molar-refractivity contribution in [1.82, 2.24) is 9.97 Å². The summed E-state index contributed by atoms with van der Waals surface area (Å²) >= 11 is 0. The lowest BCUT2D eigenvalue weighted by Crippen LogP contribution is -2.20. The van der Waals surface area contributed by atoms with E-state index in [4.69, 9.17) is 5.73 Å². The van der Waals surface area contributed by atoms with Gasteiger partial charge in [0.05, 0.1) is 6.33 Å². The fourth-order valence-corrected chi connectivity index (χ4v) is 1.58. The Morgan fingerprint density at radius 3 is 2.88 bits per heavy atom. The maximum absolute atomic E-state index is 11.2. The first kappa shape index (κ1) is 11.2. The topological polar surface area (TPSA) is 75.0 Å². The van der Waals surface area contributed by atoms with Crippen molar-refractivity contribution in [3.05, 3.63) is 52.6 Å². The van der Waals surface area contributed by atoms with Gasteiger partial charge in [0, 0.05) is 25.3 Å². The molecule has 0 saturated carbocycles. The first-order chi connectivity index (χ1) is 8.16. The zero-order valence-electron chi connectivity index (χ0n) is 9.55. The number of aromatic nitrogens is 2. The van der Waals surface area contributed by atoms with Crippen molar-refractivity contribution in [2.45, 2.75) is 6.54 Å². The van der Waals surface area contributed by atoms with E-state index in [2.05, 4.69) is 9.97 Å². The van der Waals surface area contributed by atoms with Gasteiger partial charge in [-0.2, -0.15) is 0 Å². The zero-order valence-corrected chi connectivity index (χ0v) is 9.55. The van der Waals surface area contributed by atoms with Crippen LogP contribution in [0.25, 0.3) is 0 Å². The summed E-state index contributed by atoms with van der Waals surface area (Å²) in [6.07, 6.45) is 1.39. The molecular formula is C12H14N4O. The lowest BCUT2D eigenvalue weighted by molar-refractivity contribution is 0.888. The SMILES string of the molecule is CN(Cc1ccccc1N)c1cc(=O)[nH]cn1. The number of nitrogen functional groups attached to an aromatic ring is 1. The molecule has 1 aromatic heterocycles. The summed E-state index contributed by atoms with van der Waals surface area (Å²) in [6.45, 7) is 0.614. The normalized spacial score (nSPS) is 10.2. The molecular weight excluding hydrogens is 216 g/mol. The molecule has 0 saturated heterocycles. The molecule has 1 heterocycles. The van der Waals surface area contributed by atoms with Crippen molar-refractivity contribution in [1.29, 1.82) is 0 Å². The Kier molecular flexibility index (Phi) is 3.09. The van der Waals surface area contributed by atoms with Gasteiger partial charge >= 0.3 is 0 Å². The molecule has 0 amide bonds. The van der Waals surface area contributed by atoms with E-state index < -0.39 is 0 Å². The molecule has 5 nitrogen and oxygen atoms in total. The Balaban J connectivity index is 2.20. The summed E-state index contributed by atoms with van der Waals surface area (Å²) in [6, 6.07) is 9.10. The number of hydrogen-bond donors (Lipinski definition) is 2. The molecule has 3 N–H and O–H groups in total. The summed E-state index contributed by atoms with van der Waals surface area (Å²) in [5, 5.41) is 0. The number of nitrogens with one attached hydrogen (secondary N) is 1. The van der Waals surface area contributed by atoms with Crippen LogP contribution in [0.1, 0.15) is 5.56 Å². The maximum atomic E-state index is 11.2. The van der Waals surface area contributed by atoms with Gasteiger partial charge in [0.15, 0.2) is 0 Å². The van der Waals surface area contributed by atoms with Gasteiger partial charge in [0.25, 0.3) is 5.56 Å². The maximum Gasteiger partial charge on any atom is 0.252 e. The smallest absolute Gasteiger partial charge is 0.252 e. The molecule has 0 spiro atoms. The second-order valence-electron chi connectivity index (χ2n) is 3.82. The predicted octanol–water partition coefficient (Wildman–Crippen LogP) is 0.989. The minimum absolute atomic E-state index is 0.164. The van der Waals surface area contributed by atoms with Gasteiger partial charge in [-0.05, 0) is 11.6 Å². The molecule has 0 aliphatic heterocycles. The average Bonchev–Trinajstić information content (AvgIpc) is 2.32. The van der Waals surface area contributed by atoms with Crippen molar-refractivity contribution in [3.8, 4) is 0 Å². The van der Waals surface area contributed by atoms with Crippen LogP contribution in [0.3, 0.4) is 0 Å². The largest absolute Gasteiger partial charge is 0.398 e. The van der Waals surface area contributed by atoms with Crippen molar-refractivity contribution in [2.75, 3.05) is 17.7 Å². The molecule has 2 aromatic rings. The number of H-pyrrole nitrogens is 1. The summed E-state index contributed by atoms with van der Waals surface area (Å²) in [5.41, 5.74) is 7.45. The fourth-order valence-electron chi connectivity index (χ4n) is 1.58. The Hall–Kier alpha value is -2.30. The van der Waals surface area contributed by atoms with E-state index in [9.17, 15) is 4.79 Å². The van der Waals surface area contributed by atoms with Crippen molar-refractivity contribution in [3.63, 3.8) is 0 Å². The van der Waals surface area contributed by atoms with E-state index in [0.29, 0.717) is 12.4 Å². The molecule has 0 fully saturated rings. The zero-order chi connectivity index (χ0) is 12.3. The van der Waals surface area contributed by atoms with E-state index in [-0.39, 0.29) is 5.56 Å². The van der Waals surface area contributed by atoms with Gasteiger partial charge < -0.3 is 15.6 Å². The molecule has 17 heavy (non-hydrogen) atoms. The lowest BCUT2D eigenvalue weighted by atomic mass is 10.2. The van der Waals surface area contributed by atoms with Gasteiger partial charge in [-0.25, -0.2) is 4.98 Å². The Morgan fingerprint density at radius 2 is 2.18 bits per heavy atom. The number of hydrogen-bond acceptors (Lipinski definition) is 4. The minimum atomic E-state index is -0.164. The van der Waals surface area contributed by atoms with Crippen LogP contribution in [-0.2, 0) is 6.54 Å². The van der Waals surface area contributed by atoms with E-state index in [1.54, 1.807) is 0 Å². The van der Waals surface area contributed by atoms with Crippen LogP contribution < -0.4 is 16.2 Å². The van der Waals surface area contributed by atoms with Crippen LogP contribution in [0.5, 0.6) is 0 Å². The van der Waals surface area contributed by atoms with Crippen LogP contribution >= 0.6 is 0 Å². The fraction of sp³-hybridized carbons (Fsp3) is 0.167. The van der Waals surface area contributed by atoms with Crippen molar-refractivity contribution in [2.24, 2.45) is 0 Å². The number of nitrogens with zero attached hydrogens (tertiary/aromatic N) is 2. The van der Waals surface area contributed by atoms with E-state index in [0.717, 1.165) is 11.3 Å². The monoisotopic (exact) mass is 230 g/mol. The molecule has 0 radical (unpaired) electrons. The third kappa shape index (κ3) is 2.63. The number of nitrogens with two attached hydrogens (primary N) is 1. The average molecular weight is 230 g/mol. The molecule has 2 rings (SSSR count). The Morgan fingerprint density at radius 1 is 1.41 bits per heavy atom. The molecule has 0 aliphatic rings. The first-order valence-corrected chi connectivity index (χ1v) is 5.26. The highest BCUT2D eigenvalue weighted by Gasteiger charge is 2.05. The number of anilines is 2. The van der Waals surface area contributed by atoms with Crippen molar-refractivity contribution >= 4 is 11.5 Å². The standard InChI is InChI=1S/C12H14N4O/c1-16(11-6-12(17)15-8-14-11)7-9-4-2-3-5-10(9)13/h2-6,8H,7,13H2,1H3,(H,14,15,17). The third-order valence-electron chi connectivity index (χ3n) is 2.52. The van der Waals surface area contributed by atoms with E-state index in [1.807, 2.05) is 36.2 Å². The van der Waals surface area contributed by atoms with Crippen LogP contribution in [-0.4, -0.2) is 17.0 Å². The van der Waals surface area contributed by atoms with Crippen LogP contribution in [0.4, 0.5) is 11.5 Å². The van der Waals surface area contributed by atoms with Gasteiger partial charge in [-0.3, -0.25) is 4.79 Å². The number of benzene rings is 1. The highest BCUT2D eigenvalue weighted by Crippen LogP contribution is 2.15.